The molecule has 1 fully saturated rings. The van der Waals surface area contributed by atoms with Crippen molar-refractivity contribution < 1.29 is 9.32 Å². The summed E-state index contributed by atoms with van der Waals surface area (Å²) in [4.78, 5) is 27.0. The quantitative estimate of drug-likeness (QED) is 0.706. The zero-order valence-corrected chi connectivity index (χ0v) is 15.5. The molecule has 0 spiro atoms. The van der Waals surface area contributed by atoms with Crippen molar-refractivity contribution in [2.75, 3.05) is 13.1 Å². The summed E-state index contributed by atoms with van der Waals surface area (Å²) in [6.07, 6.45) is 1.65. The monoisotopic (exact) mass is 375 g/mol. The molecule has 3 aromatic rings. The van der Waals surface area contributed by atoms with Gasteiger partial charge in [-0.1, -0.05) is 41.6 Å². The van der Waals surface area contributed by atoms with E-state index in [0.29, 0.717) is 32.0 Å². The number of amides is 1. The van der Waals surface area contributed by atoms with Crippen molar-refractivity contribution in [2.45, 2.75) is 25.3 Å². The maximum Gasteiger partial charge on any atom is 0.292 e. The van der Waals surface area contributed by atoms with Crippen molar-refractivity contribution in [2.24, 2.45) is 5.92 Å². The van der Waals surface area contributed by atoms with Crippen molar-refractivity contribution in [1.29, 1.82) is 0 Å². The van der Waals surface area contributed by atoms with Crippen LogP contribution in [0.3, 0.4) is 0 Å². The van der Waals surface area contributed by atoms with Gasteiger partial charge in [-0.05, 0) is 24.0 Å². The molecule has 2 bridgehead atoms. The fraction of sp³-hybridized carbons (Fsp3) is 0.318. The van der Waals surface area contributed by atoms with Crippen molar-refractivity contribution in [1.82, 2.24) is 14.6 Å². The topological polar surface area (TPSA) is 68.3 Å². The Labute approximate surface area is 162 Å². The summed E-state index contributed by atoms with van der Waals surface area (Å²) in [6, 6.07) is 17.2. The lowest BCUT2D eigenvalue weighted by molar-refractivity contribution is 0.0554. The first-order valence-corrected chi connectivity index (χ1v) is 9.66. The van der Waals surface area contributed by atoms with E-state index in [0.717, 1.165) is 23.4 Å². The first kappa shape index (κ1) is 17.0. The van der Waals surface area contributed by atoms with Gasteiger partial charge >= 0.3 is 0 Å². The maximum atomic E-state index is 13.0. The number of pyridine rings is 1. The number of nitrogens with zero attached hydrogens (tertiary/aromatic N) is 3. The van der Waals surface area contributed by atoms with Crippen LogP contribution >= 0.6 is 0 Å². The van der Waals surface area contributed by atoms with Gasteiger partial charge in [0.2, 0.25) is 5.76 Å². The third kappa shape index (κ3) is 3.05. The minimum Gasteiger partial charge on any atom is -0.351 e. The second-order valence-electron chi connectivity index (χ2n) is 7.75. The Balaban J connectivity index is 1.34. The molecule has 2 atom stereocenters. The lowest BCUT2D eigenvalue weighted by Crippen LogP contribution is -2.49. The molecular weight excluding hydrogens is 354 g/mol. The Hall–Kier alpha value is -3.15. The van der Waals surface area contributed by atoms with Crippen LogP contribution in [0.5, 0.6) is 0 Å². The Morgan fingerprint density at radius 1 is 1.07 bits per heavy atom. The highest BCUT2D eigenvalue weighted by Crippen LogP contribution is 2.35. The molecule has 2 aliphatic heterocycles. The fourth-order valence-corrected chi connectivity index (χ4v) is 4.52. The average Bonchev–Trinajstić information content (AvgIpc) is 3.17. The van der Waals surface area contributed by atoms with Gasteiger partial charge in [0.1, 0.15) is 0 Å². The van der Waals surface area contributed by atoms with Gasteiger partial charge in [0.05, 0.1) is 5.69 Å². The van der Waals surface area contributed by atoms with E-state index in [1.807, 2.05) is 51.9 Å². The molecule has 1 aromatic carbocycles. The molecule has 4 heterocycles. The molecule has 0 N–H and O–H groups in total. The standard InChI is InChI=1S/C22H21N3O3/c26-21-8-4-7-19-17-9-16(13-25(19)21)12-24(14-17)22(27)20-11-18(23-28-20)10-15-5-2-1-3-6-15/h1-8,11,16-17H,9-10,12-14H2. The zero-order valence-electron chi connectivity index (χ0n) is 15.5. The van der Waals surface area contributed by atoms with Gasteiger partial charge in [0, 0.05) is 49.8 Å². The highest BCUT2D eigenvalue weighted by Gasteiger charge is 2.37. The third-order valence-electron chi connectivity index (χ3n) is 5.76. The van der Waals surface area contributed by atoms with E-state index < -0.39 is 0 Å². The predicted octanol–water partition coefficient (Wildman–Crippen LogP) is 2.69. The fourth-order valence-electron chi connectivity index (χ4n) is 4.52. The molecule has 0 radical (unpaired) electrons. The Kier molecular flexibility index (Phi) is 4.11. The Morgan fingerprint density at radius 3 is 2.79 bits per heavy atom. The van der Waals surface area contributed by atoms with E-state index >= 15 is 0 Å². The number of carbonyl (C=O) groups excluding carboxylic acids is 1. The number of carbonyl (C=O) groups is 1. The van der Waals surface area contributed by atoms with Gasteiger partial charge in [-0.2, -0.15) is 0 Å². The summed E-state index contributed by atoms with van der Waals surface area (Å²) in [5.74, 6) is 0.656. The number of aromatic nitrogens is 2. The van der Waals surface area contributed by atoms with E-state index in [1.54, 1.807) is 12.1 Å². The van der Waals surface area contributed by atoms with E-state index in [2.05, 4.69) is 5.16 Å². The van der Waals surface area contributed by atoms with Crippen LogP contribution in [-0.4, -0.2) is 33.6 Å². The van der Waals surface area contributed by atoms with E-state index in [4.69, 9.17) is 4.52 Å². The van der Waals surface area contributed by atoms with Crippen LogP contribution in [0.2, 0.25) is 0 Å². The second kappa shape index (κ2) is 6.78. The van der Waals surface area contributed by atoms with Gasteiger partial charge in [0.15, 0.2) is 0 Å². The normalized spacial score (nSPS) is 20.6. The summed E-state index contributed by atoms with van der Waals surface area (Å²) in [7, 11) is 0. The maximum absolute atomic E-state index is 13.0. The molecular formula is C22H21N3O3. The van der Waals surface area contributed by atoms with E-state index in [1.165, 1.54) is 0 Å². The number of likely N-dealkylation sites (tertiary alicyclic amines) is 1. The molecule has 142 valence electrons. The first-order valence-electron chi connectivity index (χ1n) is 9.66. The molecule has 6 nitrogen and oxygen atoms in total. The third-order valence-corrected chi connectivity index (χ3v) is 5.76. The molecule has 2 aliphatic rings. The minimum atomic E-state index is -0.117. The van der Waals surface area contributed by atoms with Crippen LogP contribution in [0.25, 0.3) is 0 Å². The van der Waals surface area contributed by atoms with Crippen LogP contribution < -0.4 is 5.56 Å². The molecule has 28 heavy (non-hydrogen) atoms. The van der Waals surface area contributed by atoms with Crippen molar-refractivity contribution in [3.05, 3.63) is 87.7 Å². The second-order valence-corrected chi connectivity index (χ2v) is 7.75. The Bertz CT molecular complexity index is 1070. The molecule has 1 amide bonds. The lowest BCUT2D eigenvalue weighted by atomic mass is 9.83. The van der Waals surface area contributed by atoms with E-state index in [9.17, 15) is 9.59 Å². The molecule has 1 saturated heterocycles. The van der Waals surface area contributed by atoms with Gasteiger partial charge < -0.3 is 14.0 Å². The molecule has 5 rings (SSSR count). The summed E-state index contributed by atoms with van der Waals surface area (Å²) < 4.78 is 7.23. The number of rotatable bonds is 3. The van der Waals surface area contributed by atoms with Gasteiger partial charge in [-0.15, -0.1) is 0 Å². The number of piperidine rings is 1. The minimum absolute atomic E-state index is 0.0489. The molecule has 0 saturated carbocycles. The van der Waals surface area contributed by atoms with Crippen LogP contribution in [-0.2, 0) is 13.0 Å². The van der Waals surface area contributed by atoms with Gasteiger partial charge in [-0.3, -0.25) is 9.59 Å². The number of hydrogen-bond donors (Lipinski definition) is 0. The SMILES string of the molecule is O=C(c1cc(Cc2ccccc2)no1)N1CC2CC(C1)c1cccc(=O)n1C2. The van der Waals surface area contributed by atoms with Crippen molar-refractivity contribution >= 4 is 5.91 Å². The van der Waals surface area contributed by atoms with Crippen LogP contribution in [0.1, 0.15) is 39.8 Å². The number of hydrogen-bond acceptors (Lipinski definition) is 4. The van der Waals surface area contributed by atoms with E-state index in [-0.39, 0.29) is 23.1 Å². The summed E-state index contributed by atoms with van der Waals surface area (Å²) >= 11 is 0. The van der Waals surface area contributed by atoms with Crippen LogP contribution in [0.15, 0.2) is 63.9 Å². The number of fused-ring (bicyclic) bond motifs is 4. The average molecular weight is 375 g/mol. The highest BCUT2D eigenvalue weighted by molar-refractivity contribution is 5.91. The highest BCUT2D eigenvalue weighted by atomic mass is 16.5. The Morgan fingerprint density at radius 2 is 1.93 bits per heavy atom. The lowest BCUT2D eigenvalue weighted by Gasteiger charge is -2.42. The largest absolute Gasteiger partial charge is 0.351 e. The smallest absolute Gasteiger partial charge is 0.292 e. The van der Waals surface area contributed by atoms with Crippen LogP contribution in [0, 0.1) is 5.92 Å². The van der Waals surface area contributed by atoms with Crippen LogP contribution in [0.4, 0.5) is 0 Å². The van der Waals surface area contributed by atoms with Gasteiger partial charge in [0.25, 0.3) is 11.5 Å². The summed E-state index contributed by atoms with van der Waals surface area (Å²) in [5.41, 5.74) is 2.96. The number of benzene rings is 1. The van der Waals surface area contributed by atoms with Gasteiger partial charge in [-0.25, -0.2) is 0 Å². The summed E-state index contributed by atoms with van der Waals surface area (Å²) in [5, 5.41) is 4.08. The zero-order chi connectivity index (χ0) is 19.1. The summed E-state index contributed by atoms with van der Waals surface area (Å²) in [6.45, 7) is 1.92. The first-order chi connectivity index (χ1) is 13.7. The van der Waals surface area contributed by atoms with Crippen molar-refractivity contribution in [3.8, 4) is 0 Å². The van der Waals surface area contributed by atoms with Crippen molar-refractivity contribution in [3.63, 3.8) is 0 Å². The predicted molar refractivity (Wildman–Crippen MR) is 103 cm³/mol. The molecule has 6 heteroatoms. The molecule has 2 unspecified atom stereocenters. The molecule has 0 aliphatic carbocycles. The molecule has 2 aromatic heterocycles.